The minimum Gasteiger partial charge on any atom is -0.376 e. The largest absolute Gasteiger partial charge is 0.376 e. The molecule has 1 unspecified atom stereocenters. The van der Waals surface area contributed by atoms with Gasteiger partial charge < -0.3 is 15.8 Å². The van der Waals surface area contributed by atoms with Crippen LogP contribution in [0.2, 0.25) is 0 Å². The number of nitrogens with one attached hydrogen (secondary N) is 1. The van der Waals surface area contributed by atoms with E-state index in [1.807, 2.05) is 0 Å². The standard InChI is InChI=1S/C7H15NO.C3H5NO/c1-2-3-7-6-8-4-5-9-7;1-2-3(4)5/h7-8H,2-6H2,1H3;2H,1H2,(H2,4,5). The smallest absolute Gasteiger partial charge is 0.240 e. The number of rotatable bonds is 3. The number of morpholine rings is 1. The summed E-state index contributed by atoms with van der Waals surface area (Å²) >= 11 is 0. The summed E-state index contributed by atoms with van der Waals surface area (Å²) in [4.78, 5) is 9.47. The molecule has 1 saturated heterocycles. The third-order valence-corrected chi connectivity index (χ3v) is 1.82. The second-order valence-corrected chi connectivity index (χ2v) is 3.09. The van der Waals surface area contributed by atoms with E-state index in [-0.39, 0.29) is 0 Å². The SMILES string of the molecule is C=CC(N)=O.CCCC1CNCCO1. The first-order valence-corrected chi connectivity index (χ1v) is 4.94. The molecule has 82 valence electrons. The molecule has 1 aliphatic heterocycles. The van der Waals surface area contributed by atoms with Gasteiger partial charge in [-0.25, -0.2) is 0 Å². The number of hydrogen-bond donors (Lipinski definition) is 2. The van der Waals surface area contributed by atoms with E-state index in [4.69, 9.17) is 4.74 Å². The Balaban J connectivity index is 0.000000292. The van der Waals surface area contributed by atoms with Gasteiger partial charge in [-0.3, -0.25) is 4.79 Å². The minimum atomic E-state index is -0.481. The van der Waals surface area contributed by atoms with Crippen LogP contribution in [0.5, 0.6) is 0 Å². The molecule has 1 atom stereocenters. The summed E-state index contributed by atoms with van der Waals surface area (Å²) in [6.45, 7) is 8.25. The number of amides is 1. The predicted octanol–water partition coefficient (Wildman–Crippen LogP) is 0.433. The lowest BCUT2D eigenvalue weighted by molar-refractivity contribution is -0.113. The average molecular weight is 200 g/mol. The van der Waals surface area contributed by atoms with Crippen LogP contribution in [-0.4, -0.2) is 31.7 Å². The molecule has 4 nitrogen and oxygen atoms in total. The van der Waals surface area contributed by atoms with Crippen LogP contribution in [0.3, 0.4) is 0 Å². The number of carbonyl (C=O) groups is 1. The van der Waals surface area contributed by atoms with Crippen LogP contribution in [0.25, 0.3) is 0 Å². The Kier molecular flexibility index (Phi) is 8.17. The number of ether oxygens (including phenoxy) is 1. The summed E-state index contributed by atoms with van der Waals surface area (Å²) in [6.07, 6.45) is 3.98. The van der Waals surface area contributed by atoms with Crippen molar-refractivity contribution in [2.75, 3.05) is 19.7 Å². The third-order valence-electron chi connectivity index (χ3n) is 1.82. The Hall–Kier alpha value is -0.870. The molecule has 0 saturated carbocycles. The fourth-order valence-electron chi connectivity index (χ4n) is 1.13. The van der Waals surface area contributed by atoms with E-state index in [1.165, 1.54) is 12.8 Å². The summed E-state index contributed by atoms with van der Waals surface area (Å²) in [5.74, 6) is -0.481. The molecule has 0 aromatic rings. The molecule has 0 aromatic carbocycles. The van der Waals surface area contributed by atoms with Crippen molar-refractivity contribution in [2.45, 2.75) is 25.9 Å². The van der Waals surface area contributed by atoms with Crippen molar-refractivity contribution in [3.63, 3.8) is 0 Å². The number of nitrogens with two attached hydrogens (primary N) is 1. The molecular weight excluding hydrogens is 180 g/mol. The lowest BCUT2D eigenvalue weighted by Crippen LogP contribution is -2.38. The monoisotopic (exact) mass is 200 g/mol. The molecule has 14 heavy (non-hydrogen) atoms. The fraction of sp³-hybridized carbons (Fsp3) is 0.700. The van der Waals surface area contributed by atoms with Gasteiger partial charge in [0.15, 0.2) is 0 Å². The Morgan fingerprint density at radius 2 is 2.43 bits per heavy atom. The number of hydrogen-bond acceptors (Lipinski definition) is 3. The average Bonchev–Trinajstić information content (AvgIpc) is 2.21. The summed E-state index contributed by atoms with van der Waals surface area (Å²) in [7, 11) is 0. The van der Waals surface area contributed by atoms with Gasteiger partial charge >= 0.3 is 0 Å². The summed E-state index contributed by atoms with van der Waals surface area (Å²) in [6, 6.07) is 0. The zero-order chi connectivity index (χ0) is 10.8. The van der Waals surface area contributed by atoms with Gasteiger partial charge in [0.25, 0.3) is 0 Å². The van der Waals surface area contributed by atoms with Crippen molar-refractivity contribution in [1.29, 1.82) is 0 Å². The summed E-state index contributed by atoms with van der Waals surface area (Å²) < 4.78 is 5.46. The Labute approximate surface area is 85.5 Å². The molecule has 1 aliphatic rings. The second-order valence-electron chi connectivity index (χ2n) is 3.09. The highest BCUT2D eigenvalue weighted by molar-refractivity contribution is 5.84. The summed E-state index contributed by atoms with van der Waals surface area (Å²) in [5, 5.41) is 3.29. The van der Waals surface area contributed by atoms with Gasteiger partial charge in [0.1, 0.15) is 0 Å². The Bertz CT molecular complexity index is 163. The molecule has 0 aliphatic carbocycles. The van der Waals surface area contributed by atoms with Gasteiger partial charge in [-0.2, -0.15) is 0 Å². The number of carbonyl (C=O) groups excluding carboxylic acids is 1. The molecule has 1 amide bonds. The van der Waals surface area contributed by atoms with Crippen molar-refractivity contribution < 1.29 is 9.53 Å². The van der Waals surface area contributed by atoms with E-state index in [9.17, 15) is 4.79 Å². The van der Waals surface area contributed by atoms with E-state index in [0.29, 0.717) is 6.10 Å². The maximum Gasteiger partial charge on any atom is 0.240 e. The second kappa shape index (κ2) is 8.72. The quantitative estimate of drug-likeness (QED) is 0.649. The highest BCUT2D eigenvalue weighted by atomic mass is 16.5. The maximum absolute atomic E-state index is 9.47. The first kappa shape index (κ1) is 13.1. The molecule has 1 fully saturated rings. The highest BCUT2D eigenvalue weighted by Crippen LogP contribution is 2.02. The first-order valence-electron chi connectivity index (χ1n) is 4.94. The van der Waals surface area contributed by atoms with Gasteiger partial charge in [-0.05, 0) is 12.5 Å². The van der Waals surface area contributed by atoms with E-state index in [0.717, 1.165) is 25.8 Å². The van der Waals surface area contributed by atoms with Crippen LogP contribution in [0.15, 0.2) is 12.7 Å². The Morgan fingerprint density at radius 1 is 1.79 bits per heavy atom. The molecule has 4 heteroatoms. The zero-order valence-electron chi connectivity index (χ0n) is 8.79. The molecular formula is C10H20N2O2. The lowest BCUT2D eigenvalue weighted by atomic mass is 10.2. The van der Waals surface area contributed by atoms with Gasteiger partial charge in [-0.15, -0.1) is 0 Å². The van der Waals surface area contributed by atoms with Gasteiger partial charge in [-0.1, -0.05) is 19.9 Å². The highest BCUT2D eigenvalue weighted by Gasteiger charge is 2.10. The number of primary amides is 1. The van der Waals surface area contributed by atoms with Crippen LogP contribution < -0.4 is 11.1 Å². The van der Waals surface area contributed by atoms with E-state index >= 15 is 0 Å². The van der Waals surface area contributed by atoms with Crippen molar-refractivity contribution in [2.24, 2.45) is 5.73 Å². The maximum atomic E-state index is 9.47. The van der Waals surface area contributed by atoms with Crippen LogP contribution in [-0.2, 0) is 9.53 Å². The molecule has 0 spiro atoms. The zero-order valence-corrected chi connectivity index (χ0v) is 8.79. The minimum absolute atomic E-state index is 0.481. The third kappa shape index (κ3) is 7.76. The molecule has 1 heterocycles. The van der Waals surface area contributed by atoms with Crippen LogP contribution in [0, 0.1) is 0 Å². The summed E-state index contributed by atoms with van der Waals surface area (Å²) in [5.41, 5.74) is 4.53. The molecule has 0 bridgehead atoms. The topological polar surface area (TPSA) is 64.4 Å². The molecule has 1 rings (SSSR count). The molecule has 0 aromatic heterocycles. The van der Waals surface area contributed by atoms with Crippen LogP contribution in [0.4, 0.5) is 0 Å². The van der Waals surface area contributed by atoms with Gasteiger partial charge in [0.2, 0.25) is 5.91 Å². The van der Waals surface area contributed by atoms with E-state index in [2.05, 4.69) is 24.6 Å². The molecule has 0 radical (unpaired) electrons. The molecule has 3 N–H and O–H groups in total. The van der Waals surface area contributed by atoms with Crippen molar-refractivity contribution >= 4 is 5.91 Å². The van der Waals surface area contributed by atoms with Crippen molar-refractivity contribution in [3.05, 3.63) is 12.7 Å². The van der Waals surface area contributed by atoms with Crippen LogP contribution >= 0.6 is 0 Å². The van der Waals surface area contributed by atoms with E-state index < -0.39 is 5.91 Å². The first-order chi connectivity index (χ1) is 6.70. The van der Waals surface area contributed by atoms with Gasteiger partial charge in [0, 0.05) is 13.1 Å². The fourth-order valence-corrected chi connectivity index (χ4v) is 1.13. The Morgan fingerprint density at radius 3 is 2.79 bits per heavy atom. The van der Waals surface area contributed by atoms with Crippen LogP contribution in [0.1, 0.15) is 19.8 Å². The van der Waals surface area contributed by atoms with Gasteiger partial charge in [0.05, 0.1) is 12.7 Å². The predicted molar refractivity (Wildman–Crippen MR) is 56.9 cm³/mol. The normalized spacial score (nSPS) is 20.5. The van der Waals surface area contributed by atoms with Crippen molar-refractivity contribution in [1.82, 2.24) is 5.32 Å². The van der Waals surface area contributed by atoms with E-state index in [1.54, 1.807) is 0 Å². The lowest BCUT2D eigenvalue weighted by Gasteiger charge is -2.22. The van der Waals surface area contributed by atoms with Crippen molar-refractivity contribution in [3.8, 4) is 0 Å².